The van der Waals surface area contributed by atoms with Gasteiger partial charge in [-0.05, 0) is 25.8 Å². The molecule has 2 rings (SSSR count). The van der Waals surface area contributed by atoms with E-state index in [4.69, 9.17) is 5.11 Å². The molecule has 19 heavy (non-hydrogen) atoms. The van der Waals surface area contributed by atoms with Crippen molar-refractivity contribution in [1.82, 2.24) is 4.90 Å². The molecule has 0 radical (unpaired) electrons. The summed E-state index contributed by atoms with van der Waals surface area (Å²) in [5, 5.41) is 18.9. The lowest BCUT2D eigenvalue weighted by Crippen LogP contribution is -2.41. The highest BCUT2D eigenvalue weighted by atomic mass is 16.4. The van der Waals surface area contributed by atoms with Crippen LogP contribution in [0.3, 0.4) is 0 Å². The predicted octanol–water partition coefficient (Wildman–Crippen LogP) is 2.74. The number of rotatable bonds is 3. The molecule has 1 aromatic carbocycles. The topological polar surface area (TPSA) is 60.8 Å². The molecular formula is C15H19NO3. The summed E-state index contributed by atoms with van der Waals surface area (Å²) in [6.07, 6.45) is 0.373. The minimum Gasteiger partial charge on any atom is -0.510 e. The van der Waals surface area contributed by atoms with Crippen LogP contribution in [0.5, 0.6) is 0 Å². The van der Waals surface area contributed by atoms with Gasteiger partial charge in [0.1, 0.15) is 5.76 Å². The third kappa shape index (κ3) is 2.79. The zero-order valence-electron chi connectivity index (χ0n) is 11.2. The Balaban J connectivity index is 2.21. The van der Waals surface area contributed by atoms with Crippen LogP contribution in [0.4, 0.5) is 0 Å². The van der Waals surface area contributed by atoms with Gasteiger partial charge in [-0.1, -0.05) is 30.3 Å². The lowest BCUT2D eigenvalue weighted by atomic mass is 9.96. The molecule has 0 amide bonds. The molecular weight excluding hydrogens is 242 g/mol. The maximum atomic E-state index is 11.0. The van der Waals surface area contributed by atoms with Gasteiger partial charge < -0.3 is 10.2 Å². The van der Waals surface area contributed by atoms with E-state index in [0.29, 0.717) is 13.0 Å². The molecule has 1 aliphatic rings. The number of carbonyl (C=O) groups is 1. The molecule has 0 spiro atoms. The minimum absolute atomic E-state index is 0.0200. The van der Waals surface area contributed by atoms with Crippen LogP contribution in [0.1, 0.15) is 31.9 Å². The fraction of sp³-hybridized carbons (Fsp3) is 0.400. The molecule has 0 bridgehead atoms. The quantitative estimate of drug-likeness (QED) is 0.878. The second-order valence-electron chi connectivity index (χ2n) is 5.04. The van der Waals surface area contributed by atoms with Crippen molar-refractivity contribution in [3.63, 3.8) is 0 Å². The maximum Gasteiger partial charge on any atom is 0.335 e. The summed E-state index contributed by atoms with van der Waals surface area (Å²) < 4.78 is 0. The van der Waals surface area contributed by atoms with Crippen LogP contribution in [0.15, 0.2) is 41.7 Å². The van der Waals surface area contributed by atoms with Crippen molar-refractivity contribution in [1.29, 1.82) is 0 Å². The van der Waals surface area contributed by atoms with Crippen molar-refractivity contribution < 1.29 is 15.0 Å². The normalized spacial score (nSPS) is 22.3. The summed E-state index contributed by atoms with van der Waals surface area (Å²) >= 11 is 0. The van der Waals surface area contributed by atoms with Crippen LogP contribution in [0.2, 0.25) is 0 Å². The van der Waals surface area contributed by atoms with E-state index in [-0.39, 0.29) is 23.4 Å². The van der Waals surface area contributed by atoms with Gasteiger partial charge >= 0.3 is 5.97 Å². The first-order valence-electron chi connectivity index (χ1n) is 6.45. The number of nitrogens with zero attached hydrogens (tertiary/aromatic N) is 1. The number of hydrogen-bond acceptors (Lipinski definition) is 3. The second-order valence-corrected chi connectivity index (χ2v) is 5.04. The standard InChI is InChI=1S/C15H19NO3/c1-10-8-13(15(18)19)14(17)9-16(10)11(2)12-6-4-3-5-7-12/h3-7,10-11,17H,8-9H2,1-2H3,(H,18,19)/t10-,11-/m0/s1. The van der Waals surface area contributed by atoms with Crippen LogP contribution in [-0.4, -0.2) is 33.7 Å². The Hall–Kier alpha value is -1.81. The van der Waals surface area contributed by atoms with Crippen molar-refractivity contribution in [3.05, 3.63) is 47.2 Å². The molecule has 102 valence electrons. The molecule has 0 aliphatic carbocycles. The zero-order chi connectivity index (χ0) is 14.0. The Morgan fingerprint density at radius 3 is 2.58 bits per heavy atom. The van der Waals surface area contributed by atoms with Crippen LogP contribution in [0.25, 0.3) is 0 Å². The van der Waals surface area contributed by atoms with E-state index in [9.17, 15) is 9.90 Å². The monoisotopic (exact) mass is 261 g/mol. The SMILES string of the molecule is C[C@H]1CC(C(=O)O)=C(O)CN1[C@@H](C)c1ccccc1. The molecule has 0 saturated carbocycles. The smallest absolute Gasteiger partial charge is 0.335 e. The second kappa shape index (κ2) is 5.45. The van der Waals surface area contributed by atoms with Crippen molar-refractivity contribution in [3.8, 4) is 0 Å². The lowest BCUT2D eigenvalue weighted by Gasteiger charge is -2.38. The Morgan fingerprint density at radius 2 is 2.00 bits per heavy atom. The van der Waals surface area contributed by atoms with E-state index in [1.165, 1.54) is 5.56 Å². The summed E-state index contributed by atoms with van der Waals surface area (Å²) in [4.78, 5) is 13.1. The largest absolute Gasteiger partial charge is 0.510 e. The van der Waals surface area contributed by atoms with Crippen LogP contribution in [-0.2, 0) is 4.79 Å². The molecule has 4 heteroatoms. The zero-order valence-corrected chi connectivity index (χ0v) is 11.2. The van der Waals surface area contributed by atoms with Crippen molar-refractivity contribution in [2.24, 2.45) is 0 Å². The van der Waals surface area contributed by atoms with Gasteiger partial charge in [-0.3, -0.25) is 4.90 Å². The van der Waals surface area contributed by atoms with Gasteiger partial charge in [0.2, 0.25) is 0 Å². The van der Waals surface area contributed by atoms with E-state index in [1.807, 2.05) is 37.3 Å². The Bertz CT molecular complexity index is 495. The van der Waals surface area contributed by atoms with Gasteiger partial charge in [0.15, 0.2) is 0 Å². The Morgan fingerprint density at radius 1 is 1.37 bits per heavy atom. The lowest BCUT2D eigenvalue weighted by molar-refractivity contribution is -0.133. The Kier molecular flexibility index (Phi) is 3.90. The van der Waals surface area contributed by atoms with Gasteiger partial charge in [0, 0.05) is 12.1 Å². The fourth-order valence-corrected chi connectivity index (χ4v) is 2.61. The van der Waals surface area contributed by atoms with Gasteiger partial charge in [-0.2, -0.15) is 0 Å². The van der Waals surface area contributed by atoms with Crippen molar-refractivity contribution >= 4 is 5.97 Å². The number of aliphatic hydroxyl groups is 1. The van der Waals surface area contributed by atoms with Crippen molar-refractivity contribution in [2.75, 3.05) is 6.54 Å². The third-order valence-electron chi connectivity index (χ3n) is 3.78. The molecule has 2 atom stereocenters. The molecule has 1 aliphatic heterocycles. The van der Waals surface area contributed by atoms with Gasteiger partial charge in [0.25, 0.3) is 0 Å². The van der Waals surface area contributed by atoms with Crippen LogP contribution < -0.4 is 0 Å². The summed E-state index contributed by atoms with van der Waals surface area (Å²) in [5.74, 6) is -1.04. The van der Waals surface area contributed by atoms with Gasteiger partial charge in [-0.25, -0.2) is 4.79 Å². The number of carboxylic acids is 1. The summed E-state index contributed by atoms with van der Waals surface area (Å²) in [6, 6.07) is 10.3. The summed E-state index contributed by atoms with van der Waals surface area (Å²) in [6.45, 7) is 4.36. The first-order valence-corrected chi connectivity index (χ1v) is 6.45. The van der Waals surface area contributed by atoms with E-state index in [0.717, 1.165) is 0 Å². The van der Waals surface area contributed by atoms with E-state index < -0.39 is 5.97 Å². The Labute approximate surface area is 113 Å². The van der Waals surface area contributed by atoms with E-state index in [1.54, 1.807) is 0 Å². The highest BCUT2D eigenvalue weighted by Gasteiger charge is 2.31. The molecule has 1 heterocycles. The number of benzene rings is 1. The molecule has 0 fully saturated rings. The highest BCUT2D eigenvalue weighted by Crippen LogP contribution is 2.30. The van der Waals surface area contributed by atoms with E-state index in [2.05, 4.69) is 11.8 Å². The molecule has 0 unspecified atom stereocenters. The third-order valence-corrected chi connectivity index (χ3v) is 3.78. The average molecular weight is 261 g/mol. The van der Waals surface area contributed by atoms with Crippen molar-refractivity contribution in [2.45, 2.75) is 32.4 Å². The summed E-state index contributed by atoms with van der Waals surface area (Å²) in [7, 11) is 0. The maximum absolute atomic E-state index is 11.0. The van der Waals surface area contributed by atoms with Crippen LogP contribution in [0, 0.1) is 0 Å². The van der Waals surface area contributed by atoms with Crippen LogP contribution >= 0.6 is 0 Å². The first-order chi connectivity index (χ1) is 9.00. The van der Waals surface area contributed by atoms with Gasteiger partial charge in [-0.15, -0.1) is 0 Å². The number of hydrogen-bond donors (Lipinski definition) is 2. The fourth-order valence-electron chi connectivity index (χ4n) is 2.61. The molecule has 0 aromatic heterocycles. The number of aliphatic carboxylic acids is 1. The minimum atomic E-state index is -1.02. The number of carboxylic acid groups (broad SMARTS) is 1. The molecule has 1 aromatic rings. The highest BCUT2D eigenvalue weighted by molar-refractivity contribution is 5.87. The first kappa shape index (κ1) is 13.6. The molecule has 4 nitrogen and oxygen atoms in total. The average Bonchev–Trinajstić information content (AvgIpc) is 2.41. The molecule has 2 N–H and O–H groups in total. The predicted molar refractivity (Wildman–Crippen MR) is 72.9 cm³/mol. The molecule has 0 saturated heterocycles. The summed E-state index contributed by atoms with van der Waals surface area (Å²) in [5.41, 5.74) is 1.31. The number of aliphatic hydroxyl groups excluding tert-OH is 1. The van der Waals surface area contributed by atoms with Gasteiger partial charge in [0.05, 0.1) is 12.1 Å². The van der Waals surface area contributed by atoms with E-state index >= 15 is 0 Å².